The van der Waals surface area contributed by atoms with Crippen LogP contribution in [0.5, 0.6) is 0 Å². The van der Waals surface area contributed by atoms with E-state index in [2.05, 4.69) is 18.7 Å². The number of aliphatic hydroxyl groups is 1. The predicted molar refractivity (Wildman–Crippen MR) is 68.3 cm³/mol. The van der Waals surface area contributed by atoms with E-state index in [4.69, 9.17) is 10.8 Å². The van der Waals surface area contributed by atoms with Gasteiger partial charge in [-0.05, 0) is 31.2 Å². The number of nitrogens with zero attached hydrogens (tertiary/aromatic N) is 1. The Balaban J connectivity index is 2.48. The fraction of sp³-hybridized carbons (Fsp3) is 1.00. The van der Waals surface area contributed by atoms with E-state index in [9.17, 15) is 0 Å². The lowest BCUT2D eigenvalue weighted by molar-refractivity contribution is 0.121. The van der Waals surface area contributed by atoms with Gasteiger partial charge in [0.05, 0.1) is 6.61 Å². The third-order valence-electron chi connectivity index (χ3n) is 3.94. The molecule has 16 heavy (non-hydrogen) atoms. The minimum absolute atomic E-state index is 0.270. The zero-order valence-corrected chi connectivity index (χ0v) is 10.9. The molecule has 96 valence electrons. The van der Waals surface area contributed by atoms with Crippen molar-refractivity contribution in [3.05, 3.63) is 0 Å². The first kappa shape index (κ1) is 13.9. The molecule has 0 amide bonds. The zero-order valence-electron chi connectivity index (χ0n) is 10.9. The molecule has 0 aromatic carbocycles. The van der Waals surface area contributed by atoms with Crippen LogP contribution in [0.25, 0.3) is 0 Å². The van der Waals surface area contributed by atoms with Gasteiger partial charge in [0.15, 0.2) is 0 Å². The Morgan fingerprint density at radius 2 is 1.94 bits per heavy atom. The second-order valence-electron chi connectivity index (χ2n) is 5.40. The van der Waals surface area contributed by atoms with E-state index in [1.807, 2.05) is 0 Å². The summed E-state index contributed by atoms with van der Waals surface area (Å²) in [4.78, 5) is 2.46. The summed E-state index contributed by atoms with van der Waals surface area (Å²) in [6.45, 7) is 7.37. The molecular formula is C13H28N2O. The largest absolute Gasteiger partial charge is 0.395 e. The molecule has 0 heterocycles. The Hall–Kier alpha value is -0.120. The zero-order chi connectivity index (χ0) is 12.0. The van der Waals surface area contributed by atoms with Crippen LogP contribution in [0.2, 0.25) is 0 Å². The number of aliphatic hydroxyl groups excluding tert-OH is 1. The standard InChI is InChI=1S/C13H28N2O/c1-11(2)12(9-14)10-15(7-8-16)13-5-3-4-6-13/h11-13,16H,3-10,14H2,1-2H3. The van der Waals surface area contributed by atoms with Gasteiger partial charge in [-0.3, -0.25) is 4.90 Å². The second kappa shape index (κ2) is 7.25. The number of hydrogen-bond donors (Lipinski definition) is 2. The molecule has 1 saturated carbocycles. The molecule has 0 aliphatic heterocycles. The third-order valence-corrected chi connectivity index (χ3v) is 3.94. The van der Waals surface area contributed by atoms with Crippen molar-refractivity contribution in [2.45, 2.75) is 45.6 Å². The van der Waals surface area contributed by atoms with Crippen LogP contribution in [-0.4, -0.2) is 42.3 Å². The van der Waals surface area contributed by atoms with Gasteiger partial charge in [-0.2, -0.15) is 0 Å². The molecule has 1 atom stereocenters. The molecule has 0 aromatic rings. The second-order valence-corrected chi connectivity index (χ2v) is 5.40. The lowest BCUT2D eigenvalue weighted by atomic mass is 9.94. The van der Waals surface area contributed by atoms with Crippen molar-refractivity contribution in [1.29, 1.82) is 0 Å². The molecule has 0 saturated heterocycles. The van der Waals surface area contributed by atoms with Crippen LogP contribution in [0.4, 0.5) is 0 Å². The van der Waals surface area contributed by atoms with Crippen molar-refractivity contribution < 1.29 is 5.11 Å². The van der Waals surface area contributed by atoms with Crippen molar-refractivity contribution in [3.8, 4) is 0 Å². The first-order valence-electron chi connectivity index (χ1n) is 6.74. The summed E-state index contributed by atoms with van der Waals surface area (Å²) in [6.07, 6.45) is 5.30. The highest BCUT2D eigenvalue weighted by atomic mass is 16.3. The highest BCUT2D eigenvalue weighted by Gasteiger charge is 2.25. The fourth-order valence-corrected chi connectivity index (χ4v) is 2.68. The molecule has 1 unspecified atom stereocenters. The Labute approximate surface area is 100 Å². The summed E-state index contributed by atoms with van der Waals surface area (Å²) in [5.74, 6) is 1.19. The number of nitrogens with two attached hydrogens (primary N) is 1. The predicted octanol–water partition coefficient (Wildman–Crippen LogP) is 1.45. The molecule has 0 radical (unpaired) electrons. The Morgan fingerprint density at radius 1 is 1.31 bits per heavy atom. The lowest BCUT2D eigenvalue weighted by Crippen LogP contribution is -2.42. The van der Waals surface area contributed by atoms with Crippen LogP contribution in [0.1, 0.15) is 39.5 Å². The van der Waals surface area contributed by atoms with E-state index in [1.54, 1.807) is 0 Å². The van der Waals surface area contributed by atoms with Crippen LogP contribution in [0.15, 0.2) is 0 Å². The van der Waals surface area contributed by atoms with Crippen molar-refractivity contribution in [2.75, 3.05) is 26.2 Å². The first-order valence-corrected chi connectivity index (χ1v) is 6.74. The van der Waals surface area contributed by atoms with Crippen LogP contribution in [0, 0.1) is 11.8 Å². The molecule has 1 fully saturated rings. The normalized spacial score (nSPS) is 19.9. The van der Waals surface area contributed by atoms with Gasteiger partial charge in [0, 0.05) is 19.1 Å². The van der Waals surface area contributed by atoms with E-state index in [-0.39, 0.29) is 6.61 Å². The minimum Gasteiger partial charge on any atom is -0.395 e. The summed E-state index contributed by atoms with van der Waals surface area (Å²) >= 11 is 0. The Bertz CT molecular complexity index is 179. The highest BCUT2D eigenvalue weighted by molar-refractivity contribution is 4.80. The molecule has 0 aromatic heterocycles. The molecular weight excluding hydrogens is 200 g/mol. The molecule has 0 bridgehead atoms. The summed E-state index contributed by atoms with van der Waals surface area (Å²) in [5.41, 5.74) is 5.83. The van der Waals surface area contributed by atoms with Gasteiger partial charge in [0.2, 0.25) is 0 Å². The summed E-state index contributed by atoms with van der Waals surface area (Å²) in [6, 6.07) is 0.694. The van der Waals surface area contributed by atoms with E-state index in [0.29, 0.717) is 17.9 Å². The average Bonchev–Trinajstić information content (AvgIpc) is 2.76. The van der Waals surface area contributed by atoms with Crippen molar-refractivity contribution in [3.63, 3.8) is 0 Å². The van der Waals surface area contributed by atoms with Gasteiger partial charge >= 0.3 is 0 Å². The van der Waals surface area contributed by atoms with Crippen molar-refractivity contribution >= 4 is 0 Å². The van der Waals surface area contributed by atoms with Crippen molar-refractivity contribution in [1.82, 2.24) is 4.90 Å². The van der Waals surface area contributed by atoms with Gasteiger partial charge in [-0.15, -0.1) is 0 Å². The maximum absolute atomic E-state index is 9.15. The lowest BCUT2D eigenvalue weighted by Gasteiger charge is -2.33. The Kier molecular flexibility index (Phi) is 6.32. The highest BCUT2D eigenvalue weighted by Crippen LogP contribution is 2.25. The molecule has 3 heteroatoms. The van der Waals surface area contributed by atoms with Crippen LogP contribution < -0.4 is 5.73 Å². The maximum atomic E-state index is 9.15. The summed E-state index contributed by atoms with van der Waals surface area (Å²) in [7, 11) is 0. The van der Waals surface area contributed by atoms with Gasteiger partial charge < -0.3 is 10.8 Å². The average molecular weight is 228 g/mol. The van der Waals surface area contributed by atoms with Gasteiger partial charge in [0.1, 0.15) is 0 Å². The summed E-state index contributed by atoms with van der Waals surface area (Å²) in [5, 5.41) is 9.15. The quantitative estimate of drug-likeness (QED) is 0.693. The monoisotopic (exact) mass is 228 g/mol. The van der Waals surface area contributed by atoms with Crippen LogP contribution >= 0.6 is 0 Å². The first-order chi connectivity index (χ1) is 7.69. The molecule has 3 nitrogen and oxygen atoms in total. The maximum Gasteiger partial charge on any atom is 0.0558 e. The topological polar surface area (TPSA) is 49.5 Å². The van der Waals surface area contributed by atoms with E-state index in [0.717, 1.165) is 19.6 Å². The fourth-order valence-electron chi connectivity index (χ4n) is 2.68. The smallest absolute Gasteiger partial charge is 0.0558 e. The molecule has 1 aliphatic rings. The summed E-state index contributed by atoms with van der Waals surface area (Å²) < 4.78 is 0. The third kappa shape index (κ3) is 4.04. The van der Waals surface area contributed by atoms with Gasteiger partial charge in [-0.25, -0.2) is 0 Å². The Morgan fingerprint density at radius 3 is 2.38 bits per heavy atom. The van der Waals surface area contributed by atoms with E-state index < -0.39 is 0 Å². The molecule has 0 spiro atoms. The number of rotatable bonds is 7. The minimum atomic E-state index is 0.270. The van der Waals surface area contributed by atoms with E-state index in [1.165, 1.54) is 25.7 Å². The van der Waals surface area contributed by atoms with Crippen LogP contribution in [0.3, 0.4) is 0 Å². The van der Waals surface area contributed by atoms with E-state index >= 15 is 0 Å². The molecule has 3 N–H and O–H groups in total. The van der Waals surface area contributed by atoms with Crippen LogP contribution in [-0.2, 0) is 0 Å². The molecule has 1 aliphatic carbocycles. The van der Waals surface area contributed by atoms with Crippen molar-refractivity contribution in [2.24, 2.45) is 17.6 Å². The molecule has 1 rings (SSSR count). The van der Waals surface area contributed by atoms with Gasteiger partial charge in [0.25, 0.3) is 0 Å². The SMILES string of the molecule is CC(C)C(CN)CN(CCO)C1CCCC1. The van der Waals surface area contributed by atoms with Gasteiger partial charge in [-0.1, -0.05) is 26.7 Å². The number of hydrogen-bond acceptors (Lipinski definition) is 3.